The van der Waals surface area contributed by atoms with Crippen LogP contribution in [-0.2, 0) is 11.3 Å². The maximum atomic E-state index is 12.7. The van der Waals surface area contributed by atoms with E-state index in [2.05, 4.69) is 53.6 Å². The summed E-state index contributed by atoms with van der Waals surface area (Å²) in [5, 5.41) is 10.2. The number of nitrogens with one attached hydrogen (secondary N) is 2. The minimum Gasteiger partial charge on any atom is -0.348 e. The molecule has 0 aliphatic rings. The fourth-order valence-electron chi connectivity index (χ4n) is 2.99. The van der Waals surface area contributed by atoms with Crippen LogP contribution in [-0.4, -0.2) is 20.7 Å². The molecule has 0 spiro atoms. The number of amides is 1. The van der Waals surface area contributed by atoms with Crippen LogP contribution in [0.3, 0.4) is 0 Å². The number of carbonyl (C=O) groups is 1. The zero-order valence-electron chi connectivity index (χ0n) is 15.8. The Balaban J connectivity index is 1.78. The van der Waals surface area contributed by atoms with Crippen LogP contribution in [0.5, 0.6) is 0 Å². The minimum atomic E-state index is -0.0895. The summed E-state index contributed by atoms with van der Waals surface area (Å²) in [7, 11) is 0. The standard InChI is InChI=1S/C21H24N4OS/c1-4-18(16-9-5-14(2)6-10-16)22-19(26)13-25-20(23-24-21(25)27)17-11-7-15(3)8-12-17/h5-12,18H,4,13H2,1-3H3,(H,22,26)(H,24,27)/t18-/m0/s1. The van der Waals surface area contributed by atoms with E-state index in [1.165, 1.54) is 11.1 Å². The third-order valence-corrected chi connectivity index (χ3v) is 4.90. The van der Waals surface area contributed by atoms with E-state index in [0.29, 0.717) is 10.6 Å². The van der Waals surface area contributed by atoms with Crippen LogP contribution in [0, 0.1) is 18.6 Å². The van der Waals surface area contributed by atoms with Crippen molar-refractivity contribution >= 4 is 18.1 Å². The Morgan fingerprint density at radius 1 is 1.11 bits per heavy atom. The van der Waals surface area contributed by atoms with Gasteiger partial charge in [0.15, 0.2) is 10.6 Å². The quantitative estimate of drug-likeness (QED) is 0.619. The van der Waals surface area contributed by atoms with E-state index in [9.17, 15) is 4.79 Å². The first-order chi connectivity index (χ1) is 13.0. The normalized spacial score (nSPS) is 12.0. The first-order valence-electron chi connectivity index (χ1n) is 9.06. The molecule has 5 nitrogen and oxygen atoms in total. The molecule has 1 heterocycles. The van der Waals surface area contributed by atoms with Crippen molar-refractivity contribution < 1.29 is 4.79 Å². The van der Waals surface area contributed by atoms with Crippen molar-refractivity contribution in [3.05, 3.63) is 70.0 Å². The number of aromatic nitrogens is 3. The third-order valence-electron chi connectivity index (χ3n) is 4.59. The van der Waals surface area contributed by atoms with Gasteiger partial charge in [-0.2, -0.15) is 5.10 Å². The maximum absolute atomic E-state index is 12.7. The molecule has 6 heteroatoms. The van der Waals surface area contributed by atoms with E-state index in [0.717, 1.165) is 17.5 Å². The number of H-pyrrole nitrogens is 1. The maximum Gasteiger partial charge on any atom is 0.240 e. The first-order valence-corrected chi connectivity index (χ1v) is 9.47. The largest absolute Gasteiger partial charge is 0.348 e. The Morgan fingerprint density at radius 2 is 1.70 bits per heavy atom. The highest BCUT2D eigenvalue weighted by Gasteiger charge is 2.16. The SMILES string of the molecule is CC[C@H](NC(=O)Cn1c(-c2ccc(C)cc2)n[nH]c1=S)c1ccc(C)cc1. The Hall–Kier alpha value is -2.73. The number of carbonyl (C=O) groups excluding carboxylic acids is 1. The lowest BCUT2D eigenvalue weighted by Crippen LogP contribution is -2.31. The van der Waals surface area contributed by atoms with Crippen molar-refractivity contribution in [1.82, 2.24) is 20.1 Å². The molecule has 0 saturated heterocycles. The molecular formula is C21H24N4OS. The summed E-state index contributed by atoms with van der Waals surface area (Å²) in [6.07, 6.45) is 0.816. The van der Waals surface area contributed by atoms with Crippen LogP contribution in [0.1, 0.15) is 36.1 Å². The van der Waals surface area contributed by atoms with Crippen LogP contribution in [0.15, 0.2) is 48.5 Å². The van der Waals surface area contributed by atoms with E-state index in [4.69, 9.17) is 12.2 Å². The molecular weight excluding hydrogens is 356 g/mol. The van der Waals surface area contributed by atoms with Crippen molar-refractivity contribution in [2.45, 2.75) is 39.8 Å². The fourth-order valence-corrected chi connectivity index (χ4v) is 3.19. The predicted molar refractivity (Wildman–Crippen MR) is 110 cm³/mol. The molecule has 3 rings (SSSR count). The molecule has 3 aromatic rings. The topological polar surface area (TPSA) is 62.7 Å². The molecule has 2 N–H and O–H groups in total. The van der Waals surface area contributed by atoms with Gasteiger partial charge in [0, 0.05) is 5.56 Å². The van der Waals surface area contributed by atoms with Gasteiger partial charge in [-0.3, -0.25) is 14.5 Å². The van der Waals surface area contributed by atoms with E-state index >= 15 is 0 Å². The summed E-state index contributed by atoms with van der Waals surface area (Å²) >= 11 is 5.33. The smallest absolute Gasteiger partial charge is 0.240 e. The first kappa shape index (κ1) is 19.0. The highest BCUT2D eigenvalue weighted by molar-refractivity contribution is 7.71. The van der Waals surface area contributed by atoms with Gasteiger partial charge in [-0.05, 0) is 38.0 Å². The molecule has 140 valence electrons. The zero-order valence-corrected chi connectivity index (χ0v) is 16.6. The molecule has 2 aromatic carbocycles. The van der Waals surface area contributed by atoms with Gasteiger partial charge in [-0.1, -0.05) is 66.6 Å². The summed E-state index contributed by atoms with van der Waals surface area (Å²) in [4.78, 5) is 12.7. The van der Waals surface area contributed by atoms with Crippen molar-refractivity contribution in [3.63, 3.8) is 0 Å². The highest BCUT2D eigenvalue weighted by atomic mass is 32.1. The monoisotopic (exact) mass is 380 g/mol. The Morgan fingerprint density at radius 3 is 2.30 bits per heavy atom. The summed E-state index contributed by atoms with van der Waals surface area (Å²) < 4.78 is 2.17. The van der Waals surface area contributed by atoms with Crippen molar-refractivity contribution in [2.75, 3.05) is 0 Å². The van der Waals surface area contributed by atoms with Gasteiger partial charge in [0.05, 0.1) is 6.04 Å². The van der Waals surface area contributed by atoms with Crippen LogP contribution < -0.4 is 5.32 Å². The second kappa shape index (κ2) is 8.31. The van der Waals surface area contributed by atoms with Crippen LogP contribution in [0.25, 0.3) is 11.4 Å². The van der Waals surface area contributed by atoms with Gasteiger partial charge in [0.1, 0.15) is 6.54 Å². The molecule has 27 heavy (non-hydrogen) atoms. The van der Waals surface area contributed by atoms with Gasteiger partial charge in [-0.25, -0.2) is 0 Å². The van der Waals surface area contributed by atoms with Crippen LogP contribution >= 0.6 is 12.2 Å². The number of hydrogen-bond acceptors (Lipinski definition) is 3. The van der Waals surface area contributed by atoms with Crippen LogP contribution in [0.4, 0.5) is 0 Å². The molecule has 0 fully saturated rings. The molecule has 1 atom stereocenters. The van der Waals surface area contributed by atoms with Gasteiger partial charge in [0.25, 0.3) is 0 Å². The lowest BCUT2D eigenvalue weighted by Gasteiger charge is -2.18. The number of aromatic amines is 1. The van der Waals surface area contributed by atoms with E-state index in [1.54, 1.807) is 4.57 Å². The molecule has 0 bridgehead atoms. The Kier molecular flexibility index (Phi) is 5.86. The van der Waals surface area contributed by atoms with E-state index in [1.807, 2.05) is 31.2 Å². The summed E-state index contributed by atoms with van der Waals surface area (Å²) in [5.74, 6) is 0.576. The Bertz CT molecular complexity index is 971. The number of aryl methyl sites for hydroxylation is 2. The van der Waals surface area contributed by atoms with Gasteiger partial charge in [0.2, 0.25) is 5.91 Å². The average molecular weight is 381 g/mol. The molecule has 0 radical (unpaired) electrons. The van der Waals surface area contributed by atoms with Crippen molar-refractivity contribution in [3.8, 4) is 11.4 Å². The number of hydrogen-bond donors (Lipinski definition) is 2. The highest BCUT2D eigenvalue weighted by Crippen LogP contribution is 2.19. The number of benzene rings is 2. The van der Waals surface area contributed by atoms with E-state index in [-0.39, 0.29) is 18.5 Å². The van der Waals surface area contributed by atoms with Gasteiger partial charge >= 0.3 is 0 Å². The second-order valence-electron chi connectivity index (χ2n) is 6.74. The minimum absolute atomic E-state index is 0.0259. The van der Waals surface area contributed by atoms with E-state index < -0.39 is 0 Å². The molecule has 0 saturated carbocycles. The Labute approximate surface area is 164 Å². The lowest BCUT2D eigenvalue weighted by atomic mass is 10.0. The van der Waals surface area contributed by atoms with Crippen molar-refractivity contribution in [1.29, 1.82) is 0 Å². The summed E-state index contributed by atoms with van der Waals surface area (Å²) in [5.41, 5.74) is 4.39. The molecule has 1 amide bonds. The van der Waals surface area contributed by atoms with Gasteiger partial charge < -0.3 is 5.32 Å². The zero-order chi connectivity index (χ0) is 19.4. The third kappa shape index (κ3) is 4.52. The molecule has 0 aliphatic heterocycles. The fraction of sp³-hybridized carbons (Fsp3) is 0.286. The molecule has 0 aliphatic carbocycles. The van der Waals surface area contributed by atoms with Crippen molar-refractivity contribution in [2.24, 2.45) is 0 Å². The lowest BCUT2D eigenvalue weighted by molar-refractivity contribution is -0.122. The number of rotatable bonds is 6. The summed E-state index contributed by atoms with van der Waals surface area (Å²) in [6, 6.07) is 16.2. The molecule has 0 unspecified atom stereocenters. The molecule has 1 aromatic heterocycles. The second-order valence-corrected chi connectivity index (χ2v) is 7.13. The average Bonchev–Trinajstić information content (AvgIpc) is 3.02. The van der Waals surface area contributed by atoms with Crippen LogP contribution in [0.2, 0.25) is 0 Å². The summed E-state index contributed by atoms with van der Waals surface area (Å²) in [6.45, 7) is 6.27. The predicted octanol–water partition coefficient (Wildman–Crippen LogP) is 4.49. The van der Waals surface area contributed by atoms with Gasteiger partial charge in [-0.15, -0.1) is 0 Å². The number of nitrogens with zero attached hydrogens (tertiary/aromatic N) is 2.